The van der Waals surface area contributed by atoms with E-state index in [-0.39, 0.29) is 22.3 Å². The summed E-state index contributed by atoms with van der Waals surface area (Å²) in [6, 6.07) is 2.76. The molecule has 1 amide bonds. The maximum absolute atomic E-state index is 13.5. The van der Waals surface area contributed by atoms with Gasteiger partial charge in [-0.3, -0.25) is 4.79 Å². The lowest BCUT2D eigenvalue weighted by Gasteiger charge is -2.09. The van der Waals surface area contributed by atoms with Crippen LogP contribution in [0.5, 0.6) is 0 Å². The third kappa shape index (κ3) is 3.52. The maximum atomic E-state index is 13.5. The first-order valence-corrected chi connectivity index (χ1v) is 6.55. The molecule has 2 rings (SSSR count). The van der Waals surface area contributed by atoms with E-state index in [0.29, 0.717) is 5.82 Å². The van der Waals surface area contributed by atoms with Crippen LogP contribution in [0.15, 0.2) is 24.4 Å². The Balaban J connectivity index is 2.32. The van der Waals surface area contributed by atoms with Gasteiger partial charge in [0.1, 0.15) is 17.5 Å². The average molecular weight is 312 g/mol. The van der Waals surface area contributed by atoms with Gasteiger partial charge in [-0.25, -0.2) is 18.7 Å². The SMILES string of the molecule is CC(C)c1ncc(Cl)c(C(=O)Nc2cc(F)ccc2F)n1. The molecule has 0 spiro atoms. The molecule has 0 aliphatic heterocycles. The third-order valence-corrected chi connectivity index (χ3v) is 2.95. The molecule has 1 aromatic heterocycles. The first-order chi connectivity index (χ1) is 9.88. The van der Waals surface area contributed by atoms with Crippen molar-refractivity contribution in [3.05, 3.63) is 52.6 Å². The summed E-state index contributed by atoms with van der Waals surface area (Å²) in [7, 11) is 0. The topological polar surface area (TPSA) is 54.9 Å². The van der Waals surface area contributed by atoms with Crippen LogP contribution in [-0.4, -0.2) is 15.9 Å². The quantitative estimate of drug-likeness (QED) is 0.938. The molecule has 0 unspecified atom stereocenters. The van der Waals surface area contributed by atoms with E-state index in [1.807, 2.05) is 13.8 Å². The molecule has 1 N–H and O–H groups in total. The predicted molar refractivity (Wildman–Crippen MR) is 75.4 cm³/mol. The van der Waals surface area contributed by atoms with Gasteiger partial charge in [-0.1, -0.05) is 25.4 Å². The van der Waals surface area contributed by atoms with E-state index in [1.165, 1.54) is 6.20 Å². The molecule has 7 heteroatoms. The number of anilines is 1. The molecule has 0 atom stereocenters. The molecule has 1 heterocycles. The van der Waals surface area contributed by atoms with E-state index in [9.17, 15) is 13.6 Å². The fourth-order valence-corrected chi connectivity index (χ4v) is 1.77. The minimum atomic E-state index is -0.751. The number of nitrogens with one attached hydrogen (secondary N) is 1. The lowest BCUT2D eigenvalue weighted by atomic mass is 10.2. The molecular weight excluding hydrogens is 300 g/mol. The number of benzene rings is 1. The number of halogens is 3. The highest BCUT2D eigenvalue weighted by Gasteiger charge is 2.17. The highest BCUT2D eigenvalue weighted by molar-refractivity contribution is 6.33. The monoisotopic (exact) mass is 311 g/mol. The van der Waals surface area contributed by atoms with Crippen LogP contribution in [0.1, 0.15) is 36.1 Å². The summed E-state index contributed by atoms with van der Waals surface area (Å²) >= 11 is 5.88. The van der Waals surface area contributed by atoms with Crippen molar-refractivity contribution in [3.63, 3.8) is 0 Å². The molecule has 0 bridgehead atoms. The number of rotatable bonds is 3. The van der Waals surface area contributed by atoms with Crippen LogP contribution >= 0.6 is 11.6 Å². The van der Waals surface area contributed by atoms with Gasteiger partial charge >= 0.3 is 0 Å². The summed E-state index contributed by atoms with van der Waals surface area (Å²) in [6.45, 7) is 3.72. The highest BCUT2D eigenvalue weighted by Crippen LogP contribution is 2.20. The number of amides is 1. The Bertz CT molecular complexity index is 692. The van der Waals surface area contributed by atoms with Crippen molar-refractivity contribution in [1.82, 2.24) is 9.97 Å². The van der Waals surface area contributed by atoms with Gasteiger partial charge < -0.3 is 5.32 Å². The molecule has 110 valence electrons. The van der Waals surface area contributed by atoms with Crippen LogP contribution in [0, 0.1) is 11.6 Å². The second-order valence-electron chi connectivity index (χ2n) is 4.66. The van der Waals surface area contributed by atoms with Crippen LogP contribution in [0.3, 0.4) is 0 Å². The lowest BCUT2D eigenvalue weighted by molar-refractivity contribution is 0.102. The molecular formula is C14H12ClF2N3O. The van der Waals surface area contributed by atoms with Crippen LogP contribution in [-0.2, 0) is 0 Å². The van der Waals surface area contributed by atoms with E-state index >= 15 is 0 Å². The maximum Gasteiger partial charge on any atom is 0.276 e. The Hall–Kier alpha value is -2.08. The summed E-state index contributed by atoms with van der Waals surface area (Å²) in [5.74, 6) is -1.71. The standard InChI is InChI=1S/C14H12ClF2N3O/c1-7(2)13-18-6-9(15)12(20-13)14(21)19-11-5-8(16)3-4-10(11)17/h3-7H,1-2H3,(H,19,21). The summed E-state index contributed by atoms with van der Waals surface area (Å²) in [5.41, 5.74) is -0.361. The smallest absolute Gasteiger partial charge is 0.276 e. The van der Waals surface area contributed by atoms with E-state index in [0.717, 1.165) is 18.2 Å². The number of carbonyl (C=O) groups excluding carboxylic acids is 1. The third-order valence-electron chi connectivity index (χ3n) is 2.67. The van der Waals surface area contributed by atoms with Crippen LogP contribution < -0.4 is 5.32 Å². The molecule has 0 saturated carbocycles. The predicted octanol–water partition coefficient (Wildman–Crippen LogP) is 3.78. The Morgan fingerprint density at radius 1 is 1.33 bits per heavy atom. The number of hydrogen-bond acceptors (Lipinski definition) is 3. The summed E-state index contributed by atoms with van der Waals surface area (Å²) in [4.78, 5) is 20.1. The Labute approximate surface area is 125 Å². The fraction of sp³-hybridized carbons (Fsp3) is 0.214. The highest BCUT2D eigenvalue weighted by atomic mass is 35.5. The Morgan fingerprint density at radius 3 is 2.71 bits per heavy atom. The van der Waals surface area contributed by atoms with Gasteiger partial charge in [0.25, 0.3) is 5.91 Å². The van der Waals surface area contributed by atoms with Crippen LogP contribution in [0.25, 0.3) is 0 Å². The molecule has 1 aromatic carbocycles. The van der Waals surface area contributed by atoms with Gasteiger partial charge in [0.15, 0.2) is 5.69 Å². The zero-order valence-electron chi connectivity index (χ0n) is 11.3. The molecule has 4 nitrogen and oxygen atoms in total. The van der Waals surface area contributed by atoms with Gasteiger partial charge in [-0.2, -0.15) is 0 Å². The van der Waals surface area contributed by atoms with Gasteiger partial charge in [0.05, 0.1) is 16.9 Å². The van der Waals surface area contributed by atoms with Crippen molar-refractivity contribution >= 4 is 23.2 Å². The van der Waals surface area contributed by atoms with Gasteiger partial charge in [-0.05, 0) is 12.1 Å². The molecule has 0 saturated heterocycles. The second-order valence-corrected chi connectivity index (χ2v) is 5.06. The van der Waals surface area contributed by atoms with Crippen molar-refractivity contribution in [3.8, 4) is 0 Å². The molecule has 0 aliphatic carbocycles. The Kier molecular flexibility index (Phi) is 4.47. The average Bonchev–Trinajstić information content (AvgIpc) is 2.43. The van der Waals surface area contributed by atoms with Crippen molar-refractivity contribution in [2.24, 2.45) is 0 Å². The number of aromatic nitrogens is 2. The van der Waals surface area contributed by atoms with E-state index in [2.05, 4.69) is 15.3 Å². The number of hydrogen-bond donors (Lipinski definition) is 1. The normalized spacial score (nSPS) is 10.8. The van der Waals surface area contributed by atoms with E-state index in [4.69, 9.17) is 11.6 Å². The Morgan fingerprint density at radius 2 is 2.05 bits per heavy atom. The van der Waals surface area contributed by atoms with Crippen molar-refractivity contribution in [2.45, 2.75) is 19.8 Å². The number of carbonyl (C=O) groups is 1. The van der Waals surface area contributed by atoms with Crippen molar-refractivity contribution < 1.29 is 13.6 Å². The second kappa shape index (κ2) is 6.13. The summed E-state index contributed by atoms with van der Waals surface area (Å²) in [5, 5.41) is 2.28. The first kappa shape index (κ1) is 15.3. The van der Waals surface area contributed by atoms with Gasteiger partial charge in [-0.15, -0.1) is 0 Å². The zero-order valence-corrected chi connectivity index (χ0v) is 12.1. The zero-order chi connectivity index (χ0) is 15.6. The minimum absolute atomic E-state index is 0.000257. The fourth-order valence-electron chi connectivity index (χ4n) is 1.59. The largest absolute Gasteiger partial charge is 0.318 e. The number of nitrogens with zero attached hydrogens (tertiary/aromatic N) is 2. The molecule has 0 aliphatic rings. The van der Waals surface area contributed by atoms with Gasteiger partial charge in [0, 0.05) is 12.0 Å². The first-order valence-electron chi connectivity index (χ1n) is 6.17. The molecule has 0 fully saturated rings. The summed E-state index contributed by atoms with van der Waals surface area (Å²) < 4.78 is 26.6. The van der Waals surface area contributed by atoms with Crippen molar-refractivity contribution in [1.29, 1.82) is 0 Å². The lowest BCUT2D eigenvalue weighted by Crippen LogP contribution is -2.17. The van der Waals surface area contributed by atoms with Crippen LogP contribution in [0.4, 0.5) is 14.5 Å². The van der Waals surface area contributed by atoms with Crippen molar-refractivity contribution in [2.75, 3.05) is 5.32 Å². The minimum Gasteiger partial charge on any atom is -0.318 e. The van der Waals surface area contributed by atoms with E-state index < -0.39 is 17.5 Å². The van der Waals surface area contributed by atoms with Crippen LogP contribution in [0.2, 0.25) is 5.02 Å². The summed E-state index contributed by atoms with van der Waals surface area (Å²) in [6.07, 6.45) is 1.31. The van der Waals surface area contributed by atoms with Gasteiger partial charge in [0.2, 0.25) is 0 Å². The van der Waals surface area contributed by atoms with E-state index in [1.54, 1.807) is 0 Å². The molecule has 0 radical (unpaired) electrons. The molecule has 2 aromatic rings. The molecule has 21 heavy (non-hydrogen) atoms.